The van der Waals surface area contributed by atoms with Gasteiger partial charge in [0.2, 0.25) is 5.82 Å². The zero-order valence-electron chi connectivity index (χ0n) is 7.94. The van der Waals surface area contributed by atoms with Crippen molar-refractivity contribution in [2.24, 2.45) is 0 Å². The molecule has 0 aliphatic rings. The molecular formula is C10H6F3N3. The fourth-order valence-corrected chi connectivity index (χ4v) is 1.15. The summed E-state index contributed by atoms with van der Waals surface area (Å²) >= 11 is 0. The van der Waals surface area contributed by atoms with Crippen molar-refractivity contribution in [1.82, 2.24) is 15.0 Å². The molecule has 0 radical (unpaired) electrons. The van der Waals surface area contributed by atoms with Crippen LogP contribution in [0.25, 0.3) is 11.4 Å². The van der Waals surface area contributed by atoms with Gasteiger partial charge in [0.25, 0.3) is 0 Å². The van der Waals surface area contributed by atoms with Crippen molar-refractivity contribution in [3.8, 4) is 11.4 Å². The van der Waals surface area contributed by atoms with Crippen LogP contribution in [0.4, 0.5) is 13.2 Å². The lowest BCUT2D eigenvalue weighted by atomic mass is 10.2. The molecule has 0 atom stereocenters. The van der Waals surface area contributed by atoms with E-state index in [9.17, 15) is 13.2 Å². The molecule has 0 amide bonds. The Morgan fingerprint density at radius 3 is 2.31 bits per heavy atom. The van der Waals surface area contributed by atoms with Crippen LogP contribution < -0.4 is 0 Å². The van der Waals surface area contributed by atoms with Crippen molar-refractivity contribution in [3.63, 3.8) is 0 Å². The highest BCUT2D eigenvalue weighted by atomic mass is 19.4. The van der Waals surface area contributed by atoms with Crippen LogP contribution in [0, 0.1) is 0 Å². The van der Waals surface area contributed by atoms with Gasteiger partial charge in [-0.1, -0.05) is 6.07 Å². The van der Waals surface area contributed by atoms with Crippen LogP contribution in [0.5, 0.6) is 0 Å². The van der Waals surface area contributed by atoms with E-state index in [4.69, 9.17) is 0 Å². The van der Waals surface area contributed by atoms with Crippen LogP contribution in [0.1, 0.15) is 5.82 Å². The molecule has 0 fully saturated rings. The Hall–Kier alpha value is -1.98. The normalized spacial score (nSPS) is 11.4. The third kappa shape index (κ3) is 2.16. The van der Waals surface area contributed by atoms with E-state index >= 15 is 0 Å². The SMILES string of the molecule is FC(F)(F)c1nccc(-c2ccccn2)n1. The average Bonchev–Trinajstić information content (AvgIpc) is 2.29. The van der Waals surface area contributed by atoms with Crippen LogP contribution in [-0.2, 0) is 6.18 Å². The molecule has 0 saturated carbocycles. The molecule has 0 aliphatic carbocycles. The number of halogens is 3. The summed E-state index contributed by atoms with van der Waals surface area (Å²) in [5.41, 5.74) is 0.540. The molecule has 6 heteroatoms. The van der Waals surface area contributed by atoms with E-state index in [-0.39, 0.29) is 5.69 Å². The predicted octanol–water partition coefficient (Wildman–Crippen LogP) is 2.56. The molecule has 0 N–H and O–H groups in total. The quantitative estimate of drug-likeness (QED) is 0.748. The molecule has 3 nitrogen and oxygen atoms in total. The Balaban J connectivity index is 2.45. The first kappa shape index (κ1) is 10.5. The van der Waals surface area contributed by atoms with Gasteiger partial charge in [0.15, 0.2) is 0 Å². The maximum atomic E-state index is 12.3. The molecule has 2 heterocycles. The third-order valence-corrected chi connectivity index (χ3v) is 1.84. The lowest BCUT2D eigenvalue weighted by Gasteiger charge is -2.05. The Kier molecular flexibility index (Phi) is 2.55. The minimum absolute atomic E-state index is 0.155. The first-order chi connectivity index (χ1) is 7.57. The van der Waals surface area contributed by atoms with Crippen molar-refractivity contribution in [3.05, 3.63) is 42.5 Å². The molecular weight excluding hydrogens is 219 g/mol. The lowest BCUT2D eigenvalue weighted by Crippen LogP contribution is -2.11. The topological polar surface area (TPSA) is 38.7 Å². The van der Waals surface area contributed by atoms with Crippen molar-refractivity contribution < 1.29 is 13.2 Å². The summed E-state index contributed by atoms with van der Waals surface area (Å²) in [6.45, 7) is 0. The molecule has 2 aromatic rings. The lowest BCUT2D eigenvalue weighted by molar-refractivity contribution is -0.144. The average molecular weight is 225 g/mol. The van der Waals surface area contributed by atoms with Gasteiger partial charge < -0.3 is 0 Å². The summed E-state index contributed by atoms with van der Waals surface area (Å²) in [7, 11) is 0. The van der Waals surface area contributed by atoms with Crippen LogP contribution in [-0.4, -0.2) is 15.0 Å². The van der Waals surface area contributed by atoms with Crippen LogP contribution >= 0.6 is 0 Å². The second kappa shape index (κ2) is 3.88. The molecule has 2 rings (SSSR count). The van der Waals surface area contributed by atoms with E-state index in [2.05, 4.69) is 15.0 Å². The largest absolute Gasteiger partial charge is 0.451 e. The number of hydrogen-bond donors (Lipinski definition) is 0. The van der Waals surface area contributed by atoms with E-state index < -0.39 is 12.0 Å². The van der Waals surface area contributed by atoms with Gasteiger partial charge in [-0.15, -0.1) is 0 Å². The summed E-state index contributed by atoms with van der Waals surface area (Å²) in [5, 5.41) is 0. The highest BCUT2D eigenvalue weighted by Crippen LogP contribution is 2.27. The zero-order valence-corrected chi connectivity index (χ0v) is 7.94. The van der Waals surface area contributed by atoms with E-state index in [0.717, 1.165) is 6.20 Å². The number of aromatic nitrogens is 3. The first-order valence-corrected chi connectivity index (χ1v) is 4.39. The van der Waals surface area contributed by atoms with Crippen LogP contribution in [0.15, 0.2) is 36.7 Å². The van der Waals surface area contributed by atoms with Gasteiger partial charge >= 0.3 is 6.18 Å². The standard InChI is InChI=1S/C10H6F3N3/c11-10(12,13)9-15-6-4-8(16-9)7-3-1-2-5-14-7/h1-6H. The molecule has 82 valence electrons. The highest BCUT2D eigenvalue weighted by Gasteiger charge is 2.34. The van der Waals surface area contributed by atoms with Gasteiger partial charge in [-0.05, 0) is 18.2 Å². The maximum absolute atomic E-state index is 12.3. The van der Waals surface area contributed by atoms with Gasteiger partial charge in [-0.2, -0.15) is 13.2 Å². The second-order valence-corrected chi connectivity index (χ2v) is 2.98. The third-order valence-electron chi connectivity index (χ3n) is 1.84. The molecule has 0 unspecified atom stereocenters. The fraction of sp³-hybridized carbons (Fsp3) is 0.100. The number of alkyl halides is 3. The van der Waals surface area contributed by atoms with Crippen molar-refractivity contribution in [2.45, 2.75) is 6.18 Å². The first-order valence-electron chi connectivity index (χ1n) is 4.39. The monoisotopic (exact) mass is 225 g/mol. The van der Waals surface area contributed by atoms with E-state index in [1.807, 2.05) is 0 Å². The van der Waals surface area contributed by atoms with Gasteiger partial charge in [0.1, 0.15) is 0 Å². The highest BCUT2D eigenvalue weighted by molar-refractivity contribution is 5.52. The Morgan fingerprint density at radius 1 is 0.875 bits per heavy atom. The molecule has 16 heavy (non-hydrogen) atoms. The summed E-state index contributed by atoms with van der Waals surface area (Å²) in [5.74, 6) is -1.16. The van der Waals surface area contributed by atoms with Crippen molar-refractivity contribution >= 4 is 0 Å². The van der Waals surface area contributed by atoms with Gasteiger partial charge in [-0.3, -0.25) is 4.98 Å². The molecule has 2 aromatic heterocycles. The maximum Gasteiger partial charge on any atom is 0.451 e. The summed E-state index contributed by atoms with van der Waals surface area (Å²) in [4.78, 5) is 10.5. The smallest absolute Gasteiger partial charge is 0.255 e. The minimum atomic E-state index is -4.54. The zero-order chi connectivity index (χ0) is 11.6. The van der Waals surface area contributed by atoms with E-state index in [1.165, 1.54) is 12.3 Å². The molecule has 0 aliphatic heterocycles. The van der Waals surface area contributed by atoms with Crippen molar-refractivity contribution in [1.29, 1.82) is 0 Å². The van der Waals surface area contributed by atoms with E-state index in [0.29, 0.717) is 5.69 Å². The number of nitrogens with zero attached hydrogens (tertiary/aromatic N) is 3. The van der Waals surface area contributed by atoms with E-state index in [1.54, 1.807) is 18.2 Å². The number of pyridine rings is 1. The fourth-order valence-electron chi connectivity index (χ4n) is 1.15. The predicted molar refractivity (Wildman–Crippen MR) is 50.3 cm³/mol. The van der Waals surface area contributed by atoms with Crippen LogP contribution in [0.2, 0.25) is 0 Å². The second-order valence-electron chi connectivity index (χ2n) is 2.98. The summed E-state index contributed by atoms with van der Waals surface area (Å²) < 4.78 is 37.0. The Bertz CT molecular complexity index is 482. The van der Waals surface area contributed by atoms with Gasteiger partial charge in [0, 0.05) is 12.4 Å². The summed E-state index contributed by atoms with van der Waals surface area (Å²) in [6.07, 6.45) is -1.98. The Labute approximate surface area is 89.0 Å². The molecule has 0 aromatic carbocycles. The Morgan fingerprint density at radius 2 is 1.69 bits per heavy atom. The summed E-state index contributed by atoms with van der Waals surface area (Å²) in [6, 6.07) is 6.33. The van der Waals surface area contributed by atoms with Gasteiger partial charge in [-0.25, -0.2) is 9.97 Å². The van der Waals surface area contributed by atoms with Crippen molar-refractivity contribution in [2.75, 3.05) is 0 Å². The number of hydrogen-bond acceptors (Lipinski definition) is 3. The number of rotatable bonds is 1. The van der Waals surface area contributed by atoms with Crippen LogP contribution in [0.3, 0.4) is 0 Å². The van der Waals surface area contributed by atoms with Gasteiger partial charge in [0.05, 0.1) is 11.4 Å². The molecule has 0 spiro atoms. The molecule has 0 bridgehead atoms. The minimum Gasteiger partial charge on any atom is -0.255 e. The molecule has 0 saturated heterocycles.